The first-order valence-corrected chi connectivity index (χ1v) is 8.74. The highest BCUT2D eigenvalue weighted by atomic mass is 32.2. The predicted octanol–water partition coefficient (Wildman–Crippen LogP) is 0.163. The topological polar surface area (TPSA) is 80.5 Å². The molecule has 0 saturated carbocycles. The molecule has 1 aliphatic rings. The minimum absolute atomic E-state index is 0.0509. The van der Waals surface area contributed by atoms with Gasteiger partial charge in [0.2, 0.25) is 10.0 Å². The van der Waals surface area contributed by atoms with Crippen molar-refractivity contribution in [3.8, 4) is 0 Å². The Morgan fingerprint density at radius 2 is 1.94 bits per heavy atom. The van der Waals surface area contributed by atoms with Gasteiger partial charge in [0.15, 0.2) is 0 Å². The smallest absolute Gasteiger partial charge is 0.218 e. The largest absolute Gasteiger partial charge is 0.399 e. The molecule has 2 N–H and O–H groups in total. The highest BCUT2D eigenvalue weighted by Crippen LogP contribution is 2.15. The van der Waals surface area contributed by atoms with Gasteiger partial charge in [0.25, 0.3) is 0 Å². The van der Waals surface area contributed by atoms with E-state index in [1.165, 1.54) is 4.31 Å². The number of hydrogen-bond acceptors (Lipinski definition) is 4. The molecule has 100 valence electrons. The summed E-state index contributed by atoms with van der Waals surface area (Å²) < 4.78 is 36.9. The molecule has 1 saturated heterocycles. The van der Waals surface area contributed by atoms with Gasteiger partial charge >= 0.3 is 0 Å². The Hall–Kier alpha value is -0.920. The number of anilines is 1. The second-order valence-electron chi connectivity index (χ2n) is 4.25. The summed E-state index contributed by atoms with van der Waals surface area (Å²) in [5.41, 5.74) is 6.87. The van der Waals surface area contributed by atoms with Gasteiger partial charge in [0, 0.05) is 41.1 Å². The number of nitrogen functional groups attached to an aromatic ring is 1. The lowest BCUT2D eigenvalue weighted by molar-refractivity contribution is 0.438. The summed E-state index contributed by atoms with van der Waals surface area (Å²) in [5.74, 6) is 0.803. The van der Waals surface area contributed by atoms with E-state index in [9.17, 15) is 12.6 Å². The molecule has 0 radical (unpaired) electrons. The predicted molar refractivity (Wildman–Crippen MR) is 72.9 cm³/mol. The molecule has 0 aliphatic carbocycles. The van der Waals surface area contributed by atoms with Crippen molar-refractivity contribution in [2.24, 2.45) is 0 Å². The van der Waals surface area contributed by atoms with Crippen molar-refractivity contribution in [3.05, 3.63) is 29.8 Å². The first-order chi connectivity index (χ1) is 8.47. The zero-order chi connectivity index (χ0) is 13.2. The van der Waals surface area contributed by atoms with Crippen LogP contribution in [0.1, 0.15) is 5.56 Å². The van der Waals surface area contributed by atoms with Gasteiger partial charge in [-0.25, -0.2) is 8.42 Å². The molecule has 0 unspecified atom stereocenters. The molecule has 2 rings (SSSR count). The number of hydrogen-bond donors (Lipinski definition) is 1. The van der Waals surface area contributed by atoms with Crippen molar-refractivity contribution in [1.82, 2.24) is 4.31 Å². The Labute approximate surface area is 109 Å². The maximum absolute atomic E-state index is 12.2. The molecule has 7 heteroatoms. The van der Waals surface area contributed by atoms with Crippen LogP contribution in [0.15, 0.2) is 24.3 Å². The van der Waals surface area contributed by atoms with Crippen LogP contribution in [-0.4, -0.2) is 41.5 Å². The molecular formula is C11H16N2O3S2. The number of nitrogens with zero attached hydrogens (tertiary/aromatic N) is 1. The van der Waals surface area contributed by atoms with E-state index < -0.39 is 20.8 Å². The monoisotopic (exact) mass is 288 g/mol. The summed E-state index contributed by atoms with van der Waals surface area (Å²) in [6.07, 6.45) is 0. The van der Waals surface area contributed by atoms with Crippen LogP contribution in [0, 0.1) is 0 Å². The van der Waals surface area contributed by atoms with Crippen molar-refractivity contribution < 1.29 is 12.6 Å². The van der Waals surface area contributed by atoms with Crippen LogP contribution in [0.3, 0.4) is 0 Å². The highest BCUT2D eigenvalue weighted by molar-refractivity contribution is 7.88. The number of benzene rings is 1. The molecule has 0 amide bonds. The third-order valence-corrected chi connectivity index (χ3v) is 5.96. The first-order valence-electron chi connectivity index (χ1n) is 5.64. The fourth-order valence-corrected chi connectivity index (χ4v) is 4.69. The van der Waals surface area contributed by atoms with Crippen LogP contribution in [0.25, 0.3) is 0 Å². The Balaban J connectivity index is 2.10. The molecule has 1 aromatic rings. The van der Waals surface area contributed by atoms with Crippen LogP contribution >= 0.6 is 0 Å². The average molecular weight is 288 g/mol. The lowest BCUT2D eigenvalue weighted by atomic mass is 10.2. The summed E-state index contributed by atoms with van der Waals surface area (Å²) in [5, 5.41) is 0. The summed E-state index contributed by atoms with van der Waals surface area (Å²) in [7, 11) is -4.21. The normalized spacial score (nSPS) is 18.9. The Morgan fingerprint density at radius 3 is 2.56 bits per heavy atom. The number of sulfonamides is 1. The van der Waals surface area contributed by atoms with Gasteiger partial charge in [-0.15, -0.1) is 0 Å². The first kappa shape index (κ1) is 13.5. The van der Waals surface area contributed by atoms with Gasteiger partial charge in [-0.2, -0.15) is 4.31 Å². The van der Waals surface area contributed by atoms with E-state index in [-0.39, 0.29) is 5.75 Å². The molecule has 0 aromatic heterocycles. The summed E-state index contributed by atoms with van der Waals surface area (Å²) in [6, 6.07) is 6.88. The second-order valence-corrected chi connectivity index (χ2v) is 7.91. The molecular weight excluding hydrogens is 272 g/mol. The molecule has 1 aromatic carbocycles. The molecule has 0 spiro atoms. The van der Waals surface area contributed by atoms with Crippen LogP contribution in [0.4, 0.5) is 5.69 Å². The van der Waals surface area contributed by atoms with E-state index in [2.05, 4.69) is 0 Å². The molecule has 5 nitrogen and oxygen atoms in total. The third-order valence-electron chi connectivity index (χ3n) is 2.83. The van der Waals surface area contributed by atoms with Crippen LogP contribution in [0.2, 0.25) is 0 Å². The SMILES string of the molecule is Nc1cccc(CS(=O)(=O)N2CCS(=O)CC2)c1. The third kappa shape index (κ3) is 3.30. The van der Waals surface area contributed by atoms with Crippen molar-refractivity contribution in [1.29, 1.82) is 0 Å². The molecule has 1 heterocycles. The molecule has 1 fully saturated rings. The van der Waals surface area contributed by atoms with Crippen molar-refractivity contribution in [3.63, 3.8) is 0 Å². The Morgan fingerprint density at radius 1 is 1.28 bits per heavy atom. The van der Waals surface area contributed by atoms with E-state index in [0.29, 0.717) is 35.8 Å². The van der Waals surface area contributed by atoms with Crippen molar-refractivity contribution in [2.45, 2.75) is 5.75 Å². The maximum Gasteiger partial charge on any atom is 0.218 e. The Bertz CT molecular complexity index is 547. The summed E-state index contributed by atoms with van der Waals surface area (Å²) in [4.78, 5) is 0. The van der Waals surface area contributed by atoms with E-state index >= 15 is 0 Å². The van der Waals surface area contributed by atoms with E-state index in [1.54, 1.807) is 24.3 Å². The van der Waals surface area contributed by atoms with Gasteiger partial charge in [-0.3, -0.25) is 4.21 Å². The number of nitrogens with two attached hydrogens (primary N) is 1. The van der Waals surface area contributed by atoms with E-state index in [1.807, 2.05) is 0 Å². The second kappa shape index (κ2) is 5.38. The maximum atomic E-state index is 12.2. The van der Waals surface area contributed by atoms with E-state index in [4.69, 9.17) is 5.73 Å². The zero-order valence-electron chi connectivity index (χ0n) is 9.91. The fraction of sp³-hybridized carbons (Fsp3) is 0.455. The molecule has 0 atom stereocenters. The fourth-order valence-electron chi connectivity index (χ4n) is 1.88. The summed E-state index contributed by atoms with van der Waals surface area (Å²) in [6.45, 7) is 0.689. The standard InChI is InChI=1S/C11H16N2O3S2/c12-11-3-1-2-10(8-11)9-18(15,16)13-4-6-17(14)7-5-13/h1-3,8H,4-7,9,12H2. The molecule has 0 bridgehead atoms. The lowest BCUT2D eigenvalue weighted by Crippen LogP contribution is -2.42. The van der Waals surface area contributed by atoms with Gasteiger partial charge in [0.1, 0.15) is 0 Å². The quantitative estimate of drug-likeness (QED) is 0.804. The lowest BCUT2D eigenvalue weighted by Gasteiger charge is -2.25. The summed E-state index contributed by atoms with van der Waals surface area (Å²) >= 11 is 0. The van der Waals surface area contributed by atoms with Crippen molar-refractivity contribution >= 4 is 26.5 Å². The minimum atomic E-state index is -3.33. The highest BCUT2D eigenvalue weighted by Gasteiger charge is 2.26. The molecule has 1 aliphatic heterocycles. The molecule has 18 heavy (non-hydrogen) atoms. The van der Waals surface area contributed by atoms with E-state index in [0.717, 1.165) is 0 Å². The number of rotatable bonds is 3. The van der Waals surface area contributed by atoms with Crippen molar-refractivity contribution in [2.75, 3.05) is 30.3 Å². The van der Waals surface area contributed by atoms with Gasteiger partial charge in [-0.1, -0.05) is 12.1 Å². The average Bonchev–Trinajstić information content (AvgIpc) is 2.29. The van der Waals surface area contributed by atoms with Crippen LogP contribution in [-0.2, 0) is 26.6 Å². The van der Waals surface area contributed by atoms with Gasteiger partial charge < -0.3 is 5.73 Å². The minimum Gasteiger partial charge on any atom is -0.399 e. The zero-order valence-corrected chi connectivity index (χ0v) is 11.5. The van der Waals surface area contributed by atoms with Gasteiger partial charge in [0.05, 0.1) is 5.75 Å². The Kier molecular flexibility index (Phi) is 4.04. The van der Waals surface area contributed by atoms with Crippen LogP contribution in [0.5, 0.6) is 0 Å². The van der Waals surface area contributed by atoms with Gasteiger partial charge in [-0.05, 0) is 17.7 Å². The van der Waals surface area contributed by atoms with Crippen LogP contribution < -0.4 is 5.73 Å².